The van der Waals surface area contributed by atoms with Gasteiger partial charge in [0.1, 0.15) is 0 Å². The number of likely N-dealkylation sites (N-methyl/N-ethyl adjacent to an activating group) is 1. The molecule has 1 amide bonds. The number of halogens is 1. The first-order valence-corrected chi connectivity index (χ1v) is 11.6. The molecule has 2 heterocycles. The molecule has 150 valence electrons. The van der Waals surface area contributed by atoms with Gasteiger partial charge < -0.3 is 4.90 Å². The number of benzene rings is 1. The van der Waals surface area contributed by atoms with Gasteiger partial charge in [-0.1, -0.05) is 23.7 Å². The first-order chi connectivity index (χ1) is 12.7. The summed E-state index contributed by atoms with van der Waals surface area (Å²) in [5.74, 6) is 0.686. The van der Waals surface area contributed by atoms with Crippen molar-refractivity contribution >= 4 is 27.3 Å². The lowest BCUT2D eigenvalue weighted by Crippen LogP contribution is -2.52. The Morgan fingerprint density at radius 2 is 1.85 bits per heavy atom. The molecule has 0 aliphatic carbocycles. The number of hydrogen-bond acceptors (Lipinski definition) is 5. The van der Waals surface area contributed by atoms with E-state index in [4.69, 9.17) is 11.6 Å². The number of rotatable bonds is 5. The van der Waals surface area contributed by atoms with Crippen molar-refractivity contribution in [3.63, 3.8) is 0 Å². The number of carbonyl (C=O) groups is 1. The van der Waals surface area contributed by atoms with Crippen LogP contribution < -0.4 is 0 Å². The van der Waals surface area contributed by atoms with Crippen LogP contribution >= 0.6 is 11.6 Å². The highest BCUT2D eigenvalue weighted by molar-refractivity contribution is 7.91. The van der Waals surface area contributed by atoms with Gasteiger partial charge in [-0.2, -0.15) is 0 Å². The quantitative estimate of drug-likeness (QED) is 0.734. The Labute approximate surface area is 167 Å². The lowest BCUT2D eigenvalue weighted by atomic mass is 10.1. The highest BCUT2D eigenvalue weighted by atomic mass is 35.5. The van der Waals surface area contributed by atoms with Crippen molar-refractivity contribution in [2.75, 3.05) is 51.3 Å². The van der Waals surface area contributed by atoms with Crippen LogP contribution in [0.3, 0.4) is 0 Å². The van der Waals surface area contributed by atoms with Crippen molar-refractivity contribution in [2.45, 2.75) is 25.4 Å². The minimum atomic E-state index is -2.85. The molecule has 3 rings (SSSR count). The van der Waals surface area contributed by atoms with Crippen LogP contribution in [0.2, 0.25) is 5.02 Å². The summed E-state index contributed by atoms with van der Waals surface area (Å²) in [5.41, 5.74) is 1.06. The number of piperazine rings is 1. The van der Waals surface area contributed by atoms with E-state index >= 15 is 0 Å². The van der Waals surface area contributed by atoms with Crippen LogP contribution in [0, 0.1) is 0 Å². The van der Waals surface area contributed by atoms with E-state index in [0.717, 1.165) is 38.2 Å². The Morgan fingerprint density at radius 3 is 2.41 bits per heavy atom. The maximum Gasteiger partial charge on any atom is 0.236 e. The zero-order valence-electron chi connectivity index (χ0n) is 16.0. The fraction of sp³-hybridized carbons (Fsp3) is 0.632. The topological polar surface area (TPSA) is 60.9 Å². The van der Waals surface area contributed by atoms with Gasteiger partial charge in [0, 0.05) is 44.3 Å². The average Bonchev–Trinajstić information content (AvgIpc) is 3.01. The molecular weight excluding hydrogens is 386 g/mol. The molecule has 2 aliphatic rings. The van der Waals surface area contributed by atoms with Crippen LogP contribution in [-0.4, -0.2) is 86.3 Å². The van der Waals surface area contributed by atoms with Crippen molar-refractivity contribution in [2.24, 2.45) is 0 Å². The number of amides is 1. The van der Waals surface area contributed by atoms with E-state index in [2.05, 4.69) is 9.80 Å². The molecule has 0 bridgehead atoms. The number of hydrogen-bond donors (Lipinski definition) is 0. The Hall–Kier alpha value is -1.15. The lowest BCUT2D eigenvalue weighted by Gasteiger charge is -2.38. The van der Waals surface area contributed by atoms with Gasteiger partial charge in [0.25, 0.3) is 0 Å². The Morgan fingerprint density at radius 1 is 1.22 bits per heavy atom. The Bertz CT molecular complexity index is 761. The van der Waals surface area contributed by atoms with E-state index in [0.29, 0.717) is 17.3 Å². The molecule has 2 unspecified atom stereocenters. The highest BCUT2D eigenvalue weighted by Crippen LogP contribution is 2.22. The number of sulfone groups is 1. The van der Waals surface area contributed by atoms with Gasteiger partial charge >= 0.3 is 0 Å². The molecule has 0 saturated carbocycles. The second-order valence-corrected chi connectivity index (χ2v) is 10.3. The van der Waals surface area contributed by atoms with Crippen LogP contribution in [0.15, 0.2) is 24.3 Å². The zero-order chi connectivity index (χ0) is 19.6. The second-order valence-electron chi connectivity index (χ2n) is 7.60. The Kier molecular flexibility index (Phi) is 6.46. The standard InChI is InChI=1S/C19H28ClN3O3S/c1-15(16-3-5-17(20)6-4-16)21(2)19(24)13-22-8-10-23(11-9-22)18-7-12-27(25,26)14-18/h3-6,15,18H,7-14H2,1-2H3. The smallest absolute Gasteiger partial charge is 0.236 e. The van der Waals surface area contributed by atoms with Gasteiger partial charge in [-0.15, -0.1) is 0 Å². The first kappa shape index (κ1) is 20.6. The summed E-state index contributed by atoms with van der Waals surface area (Å²) in [4.78, 5) is 18.9. The Balaban J connectivity index is 1.48. The molecule has 6 nitrogen and oxygen atoms in total. The molecule has 2 saturated heterocycles. The highest BCUT2D eigenvalue weighted by Gasteiger charge is 2.34. The molecule has 0 spiro atoms. The third-order valence-electron chi connectivity index (χ3n) is 5.82. The SMILES string of the molecule is CC(c1ccc(Cl)cc1)N(C)C(=O)CN1CCN(C2CCS(=O)(=O)C2)CC1. The van der Waals surface area contributed by atoms with Gasteiger partial charge in [0.15, 0.2) is 9.84 Å². The van der Waals surface area contributed by atoms with Crippen molar-refractivity contribution in [1.29, 1.82) is 0 Å². The van der Waals surface area contributed by atoms with E-state index < -0.39 is 9.84 Å². The summed E-state index contributed by atoms with van der Waals surface area (Å²) in [5, 5.41) is 0.688. The van der Waals surface area contributed by atoms with E-state index in [9.17, 15) is 13.2 Å². The van der Waals surface area contributed by atoms with Gasteiger partial charge in [-0.3, -0.25) is 14.6 Å². The van der Waals surface area contributed by atoms with Gasteiger partial charge in [-0.05, 0) is 31.0 Å². The molecular formula is C19H28ClN3O3S. The summed E-state index contributed by atoms with van der Waals surface area (Å²) in [6.07, 6.45) is 0.739. The van der Waals surface area contributed by atoms with Crippen LogP contribution in [0.5, 0.6) is 0 Å². The van der Waals surface area contributed by atoms with Crippen molar-refractivity contribution in [1.82, 2.24) is 14.7 Å². The molecule has 1 aromatic carbocycles. The summed E-state index contributed by atoms with van der Waals surface area (Å²) in [7, 11) is -1.02. The molecule has 0 N–H and O–H groups in total. The third kappa shape index (κ3) is 5.22. The molecule has 2 atom stereocenters. The van der Waals surface area contributed by atoms with Crippen LogP contribution in [0.4, 0.5) is 0 Å². The van der Waals surface area contributed by atoms with Gasteiger partial charge in [0.2, 0.25) is 5.91 Å². The summed E-state index contributed by atoms with van der Waals surface area (Å²) < 4.78 is 23.3. The lowest BCUT2D eigenvalue weighted by molar-refractivity contribution is -0.133. The molecule has 0 radical (unpaired) electrons. The zero-order valence-corrected chi connectivity index (χ0v) is 17.5. The third-order valence-corrected chi connectivity index (χ3v) is 7.82. The van der Waals surface area contributed by atoms with E-state index in [1.807, 2.05) is 38.2 Å². The van der Waals surface area contributed by atoms with Crippen LogP contribution in [0.25, 0.3) is 0 Å². The fourth-order valence-corrected chi connectivity index (χ4v) is 5.72. The predicted octanol–water partition coefficient (Wildman–Crippen LogP) is 1.66. The van der Waals surface area contributed by atoms with Crippen LogP contribution in [0.1, 0.15) is 24.9 Å². The number of carbonyl (C=O) groups excluding carboxylic acids is 1. The molecule has 1 aromatic rings. The fourth-order valence-electron chi connectivity index (χ4n) is 3.83. The molecule has 2 aliphatic heterocycles. The van der Waals surface area contributed by atoms with E-state index in [1.165, 1.54) is 0 Å². The summed E-state index contributed by atoms with van der Waals surface area (Å²) >= 11 is 5.94. The summed E-state index contributed by atoms with van der Waals surface area (Å²) in [6.45, 7) is 5.65. The first-order valence-electron chi connectivity index (χ1n) is 9.43. The predicted molar refractivity (Wildman–Crippen MR) is 108 cm³/mol. The monoisotopic (exact) mass is 413 g/mol. The average molecular weight is 414 g/mol. The number of nitrogens with zero attached hydrogens (tertiary/aromatic N) is 3. The largest absolute Gasteiger partial charge is 0.338 e. The van der Waals surface area contributed by atoms with Crippen molar-refractivity contribution in [3.8, 4) is 0 Å². The van der Waals surface area contributed by atoms with Crippen molar-refractivity contribution in [3.05, 3.63) is 34.9 Å². The normalized spacial score (nSPS) is 24.6. The van der Waals surface area contributed by atoms with E-state index in [-0.39, 0.29) is 23.7 Å². The molecule has 8 heteroatoms. The minimum absolute atomic E-state index is 0.0141. The molecule has 0 aromatic heterocycles. The molecule has 2 fully saturated rings. The second kappa shape index (κ2) is 8.47. The van der Waals surface area contributed by atoms with Crippen LogP contribution in [-0.2, 0) is 14.6 Å². The van der Waals surface area contributed by atoms with Crippen molar-refractivity contribution < 1.29 is 13.2 Å². The minimum Gasteiger partial charge on any atom is -0.338 e. The molecule has 27 heavy (non-hydrogen) atoms. The summed E-state index contributed by atoms with van der Waals surface area (Å²) in [6, 6.07) is 7.72. The van der Waals surface area contributed by atoms with E-state index in [1.54, 1.807) is 4.90 Å². The van der Waals surface area contributed by atoms with Gasteiger partial charge in [0.05, 0.1) is 24.1 Å². The van der Waals surface area contributed by atoms with Gasteiger partial charge in [-0.25, -0.2) is 8.42 Å². The maximum absolute atomic E-state index is 12.7. The maximum atomic E-state index is 12.7.